The highest BCUT2D eigenvalue weighted by Crippen LogP contribution is 2.01. The molecule has 1 saturated heterocycles. The summed E-state index contributed by atoms with van der Waals surface area (Å²) in [7, 11) is 0. The normalized spacial score (nSPS) is 19.6. The summed E-state index contributed by atoms with van der Waals surface area (Å²) in [6, 6.07) is 0.248. The number of hydrogen-bond acceptors (Lipinski definition) is 3. The van der Waals surface area contributed by atoms with Crippen molar-refractivity contribution in [3.05, 3.63) is 0 Å². The number of amides is 2. The van der Waals surface area contributed by atoms with Crippen LogP contribution in [0.1, 0.15) is 39.5 Å². The first-order chi connectivity index (χ1) is 8.58. The average molecular weight is 255 g/mol. The second-order valence-electron chi connectivity index (χ2n) is 5.31. The van der Waals surface area contributed by atoms with Crippen LogP contribution >= 0.6 is 0 Å². The summed E-state index contributed by atoms with van der Waals surface area (Å²) >= 11 is 0. The SMILES string of the molecule is CC(C)CC(=O)NCCC(=O)N[C@H]1CCCNC1. The lowest BCUT2D eigenvalue weighted by Crippen LogP contribution is -2.46. The van der Waals surface area contributed by atoms with Gasteiger partial charge in [-0.2, -0.15) is 0 Å². The molecule has 1 rings (SSSR count). The van der Waals surface area contributed by atoms with Crippen LogP contribution < -0.4 is 16.0 Å². The fourth-order valence-electron chi connectivity index (χ4n) is 2.03. The van der Waals surface area contributed by atoms with Crippen LogP contribution in [0.15, 0.2) is 0 Å². The Labute approximate surface area is 109 Å². The van der Waals surface area contributed by atoms with Gasteiger partial charge in [0.1, 0.15) is 0 Å². The second-order valence-corrected chi connectivity index (χ2v) is 5.31. The highest BCUT2D eigenvalue weighted by atomic mass is 16.2. The van der Waals surface area contributed by atoms with Crippen molar-refractivity contribution >= 4 is 11.8 Å². The maximum absolute atomic E-state index is 11.6. The van der Waals surface area contributed by atoms with Crippen molar-refractivity contribution < 1.29 is 9.59 Å². The van der Waals surface area contributed by atoms with Gasteiger partial charge in [0, 0.05) is 32.0 Å². The van der Waals surface area contributed by atoms with E-state index in [-0.39, 0.29) is 17.9 Å². The van der Waals surface area contributed by atoms with Gasteiger partial charge in [0.25, 0.3) is 0 Å². The summed E-state index contributed by atoms with van der Waals surface area (Å²) in [5.41, 5.74) is 0. The first kappa shape index (κ1) is 15.0. The monoisotopic (exact) mass is 255 g/mol. The summed E-state index contributed by atoms with van der Waals surface area (Å²) in [6.07, 6.45) is 3.03. The number of piperidine rings is 1. The van der Waals surface area contributed by atoms with E-state index >= 15 is 0 Å². The van der Waals surface area contributed by atoms with E-state index in [0.29, 0.717) is 25.3 Å². The minimum absolute atomic E-state index is 0.0218. The first-order valence-corrected chi connectivity index (χ1v) is 6.84. The molecule has 104 valence electrons. The summed E-state index contributed by atoms with van der Waals surface area (Å²) in [4.78, 5) is 23.0. The molecule has 3 N–H and O–H groups in total. The zero-order chi connectivity index (χ0) is 13.4. The highest BCUT2D eigenvalue weighted by molar-refractivity contribution is 5.79. The van der Waals surface area contributed by atoms with E-state index in [1.54, 1.807) is 0 Å². The van der Waals surface area contributed by atoms with Crippen LogP contribution in [0.3, 0.4) is 0 Å². The number of rotatable bonds is 6. The summed E-state index contributed by atoms with van der Waals surface area (Å²) in [5.74, 6) is 0.401. The third-order valence-electron chi connectivity index (χ3n) is 2.93. The van der Waals surface area contributed by atoms with Crippen LogP contribution in [0.5, 0.6) is 0 Å². The van der Waals surface area contributed by atoms with Gasteiger partial charge >= 0.3 is 0 Å². The molecular formula is C13H25N3O2. The van der Waals surface area contributed by atoms with Gasteiger partial charge in [0.15, 0.2) is 0 Å². The molecule has 1 aliphatic heterocycles. The van der Waals surface area contributed by atoms with Crippen LogP contribution in [0, 0.1) is 5.92 Å². The predicted molar refractivity (Wildman–Crippen MR) is 71.1 cm³/mol. The largest absolute Gasteiger partial charge is 0.356 e. The Hall–Kier alpha value is -1.10. The molecule has 5 heteroatoms. The summed E-state index contributed by atoms with van der Waals surface area (Å²) in [6.45, 7) is 6.32. The van der Waals surface area contributed by atoms with Gasteiger partial charge in [0.2, 0.25) is 11.8 Å². The minimum Gasteiger partial charge on any atom is -0.356 e. The Balaban J connectivity index is 2.07. The Morgan fingerprint density at radius 3 is 2.72 bits per heavy atom. The van der Waals surface area contributed by atoms with Crippen molar-refractivity contribution in [3.8, 4) is 0 Å². The van der Waals surface area contributed by atoms with Crippen LogP contribution in [-0.4, -0.2) is 37.5 Å². The number of carbonyl (C=O) groups excluding carboxylic acids is 2. The van der Waals surface area contributed by atoms with Crippen LogP contribution in [0.4, 0.5) is 0 Å². The summed E-state index contributed by atoms with van der Waals surface area (Å²) < 4.78 is 0. The standard InChI is InChI=1S/C13H25N3O2/c1-10(2)8-13(18)15-7-5-12(17)16-11-4-3-6-14-9-11/h10-11,14H,3-9H2,1-2H3,(H,15,18)(H,16,17)/t11-/m0/s1. The average Bonchev–Trinajstić information content (AvgIpc) is 2.29. The van der Waals surface area contributed by atoms with Crippen molar-refractivity contribution in [2.45, 2.75) is 45.6 Å². The van der Waals surface area contributed by atoms with E-state index in [0.717, 1.165) is 25.9 Å². The van der Waals surface area contributed by atoms with Gasteiger partial charge in [-0.3, -0.25) is 9.59 Å². The Kier molecular flexibility index (Phi) is 6.72. The molecule has 0 spiro atoms. The van der Waals surface area contributed by atoms with Crippen molar-refractivity contribution in [2.24, 2.45) is 5.92 Å². The van der Waals surface area contributed by atoms with Crippen molar-refractivity contribution in [1.82, 2.24) is 16.0 Å². The van der Waals surface area contributed by atoms with Gasteiger partial charge in [-0.25, -0.2) is 0 Å². The van der Waals surface area contributed by atoms with Crippen LogP contribution in [0.2, 0.25) is 0 Å². The molecule has 0 aliphatic carbocycles. The molecular weight excluding hydrogens is 230 g/mol. The molecule has 1 aliphatic rings. The molecule has 1 heterocycles. The topological polar surface area (TPSA) is 70.2 Å². The zero-order valence-corrected chi connectivity index (χ0v) is 11.4. The predicted octanol–water partition coefficient (Wildman–Crippen LogP) is 0.407. The van der Waals surface area contributed by atoms with Crippen LogP contribution in [-0.2, 0) is 9.59 Å². The third kappa shape index (κ3) is 6.59. The van der Waals surface area contributed by atoms with Gasteiger partial charge in [0.05, 0.1) is 0 Å². The lowest BCUT2D eigenvalue weighted by Gasteiger charge is -2.23. The smallest absolute Gasteiger partial charge is 0.222 e. The fourth-order valence-corrected chi connectivity index (χ4v) is 2.03. The Morgan fingerprint density at radius 2 is 2.11 bits per heavy atom. The molecule has 2 amide bonds. The number of carbonyl (C=O) groups is 2. The maximum Gasteiger partial charge on any atom is 0.222 e. The molecule has 18 heavy (non-hydrogen) atoms. The molecule has 1 fully saturated rings. The first-order valence-electron chi connectivity index (χ1n) is 6.84. The summed E-state index contributed by atoms with van der Waals surface area (Å²) in [5, 5.41) is 9.00. The van der Waals surface area contributed by atoms with E-state index in [9.17, 15) is 9.59 Å². The van der Waals surface area contributed by atoms with E-state index in [1.165, 1.54) is 0 Å². The molecule has 0 radical (unpaired) electrons. The Morgan fingerprint density at radius 1 is 1.33 bits per heavy atom. The van der Waals surface area contributed by atoms with Gasteiger partial charge < -0.3 is 16.0 Å². The van der Waals surface area contributed by atoms with Gasteiger partial charge in [-0.1, -0.05) is 13.8 Å². The zero-order valence-electron chi connectivity index (χ0n) is 11.4. The Bertz CT molecular complexity index is 273. The van der Waals surface area contributed by atoms with E-state index in [4.69, 9.17) is 0 Å². The number of hydrogen-bond donors (Lipinski definition) is 3. The molecule has 1 atom stereocenters. The molecule has 5 nitrogen and oxygen atoms in total. The molecule has 0 aromatic heterocycles. The molecule has 0 saturated carbocycles. The van der Waals surface area contributed by atoms with E-state index < -0.39 is 0 Å². The van der Waals surface area contributed by atoms with Gasteiger partial charge in [-0.15, -0.1) is 0 Å². The lowest BCUT2D eigenvalue weighted by atomic mass is 10.1. The van der Waals surface area contributed by atoms with E-state index in [1.807, 2.05) is 13.8 Å². The second kappa shape index (κ2) is 8.08. The molecule has 0 bridgehead atoms. The van der Waals surface area contributed by atoms with Crippen molar-refractivity contribution in [3.63, 3.8) is 0 Å². The molecule has 0 aromatic carbocycles. The quantitative estimate of drug-likeness (QED) is 0.644. The van der Waals surface area contributed by atoms with Crippen molar-refractivity contribution in [2.75, 3.05) is 19.6 Å². The van der Waals surface area contributed by atoms with Gasteiger partial charge in [-0.05, 0) is 25.3 Å². The van der Waals surface area contributed by atoms with E-state index in [2.05, 4.69) is 16.0 Å². The maximum atomic E-state index is 11.6. The molecule has 0 unspecified atom stereocenters. The fraction of sp³-hybridized carbons (Fsp3) is 0.846. The lowest BCUT2D eigenvalue weighted by molar-refractivity contribution is -0.123. The number of nitrogens with one attached hydrogen (secondary N) is 3. The molecule has 0 aromatic rings. The van der Waals surface area contributed by atoms with Crippen molar-refractivity contribution in [1.29, 1.82) is 0 Å². The van der Waals surface area contributed by atoms with Crippen LogP contribution in [0.25, 0.3) is 0 Å². The highest BCUT2D eigenvalue weighted by Gasteiger charge is 2.15. The third-order valence-corrected chi connectivity index (χ3v) is 2.93. The minimum atomic E-state index is 0.0218.